The fourth-order valence-corrected chi connectivity index (χ4v) is 0.533. The average molecular weight is 188 g/mol. The molecule has 0 spiro atoms. The van der Waals surface area contributed by atoms with Crippen LogP contribution in [0.3, 0.4) is 0 Å². The van der Waals surface area contributed by atoms with Gasteiger partial charge in [-0.05, 0) is 6.42 Å². The molecule has 0 saturated carbocycles. The number of rotatable bonds is 6. The Morgan fingerprint density at radius 3 is 2.42 bits per heavy atom. The lowest BCUT2D eigenvalue weighted by Gasteiger charge is -2.18. The molecule has 0 rings (SSSR count). The Bertz CT molecular complexity index is 118. The summed E-state index contributed by atoms with van der Waals surface area (Å²) in [4.78, 5) is 0. The molecule has 0 aromatic rings. The highest BCUT2D eigenvalue weighted by Gasteiger charge is 2.41. The van der Waals surface area contributed by atoms with Gasteiger partial charge in [0.05, 0.1) is 6.61 Å². The van der Waals surface area contributed by atoms with Gasteiger partial charge in [0, 0.05) is 0 Å². The number of hydrogen-bond donors (Lipinski definition) is 0. The summed E-state index contributed by atoms with van der Waals surface area (Å²) in [5.74, 6) is 0. The zero-order valence-electron chi connectivity index (χ0n) is 6.83. The van der Waals surface area contributed by atoms with Crippen LogP contribution in [0.2, 0.25) is 0 Å². The number of hydrogen-bond acceptors (Lipinski definition) is 1. The van der Waals surface area contributed by atoms with Crippen LogP contribution in [0.5, 0.6) is 0 Å². The van der Waals surface area contributed by atoms with Crippen LogP contribution in [0.1, 0.15) is 19.8 Å². The molecule has 0 saturated heterocycles. The molecule has 0 aliphatic heterocycles. The molecular weight excluding hydrogens is 176 g/mol. The second-order valence-corrected chi connectivity index (χ2v) is 2.39. The van der Waals surface area contributed by atoms with Crippen molar-refractivity contribution in [3.8, 4) is 0 Å². The van der Waals surface area contributed by atoms with E-state index in [1.54, 1.807) is 6.92 Å². The van der Waals surface area contributed by atoms with Crippen molar-refractivity contribution >= 4 is 0 Å². The monoisotopic (exact) mass is 188 g/mol. The van der Waals surface area contributed by atoms with Crippen LogP contribution in [-0.4, -0.2) is 25.6 Å². The summed E-state index contributed by atoms with van der Waals surface area (Å²) in [5, 5.41) is 0. The van der Waals surface area contributed by atoms with Gasteiger partial charge in [0.15, 0.2) is 0 Å². The highest BCUT2D eigenvalue weighted by atomic mass is 19.3. The topological polar surface area (TPSA) is 9.23 Å². The molecule has 0 fully saturated rings. The number of alkyl halides is 4. The van der Waals surface area contributed by atoms with Crippen LogP contribution in [0.15, 0.2) is 0 Å². The van der Waals surface area contributed by atoms with Crippen molar-refractivity contribution in [2.45, 2.75) is 32.0 Å². The van der Waals surface area contributed by atoms with Gasteiger partial charge >= 0.3 is 6.11 Å². The van der Waals surface area contributed by atoms with Gasteiger partial charge in [0.2, 0.25) is 6.17 Å². The van der Waals surface area contributed by atoms with E-state index in [0.29, 0.717) is 12.8 Å². The van der Waals surface area contributed by atoms with Crippen molar-refractivity contribution in [3.63, 3.8) is 0 Å². The summed E-state index contributed by atoms with van der Waals surface area (Å²) in [6.07, 6.45) is -5.75. The minimum atomic E-state index is -3.98. The molecule has 74 valence electrons. The summed E-state index contributed by atoms with van der Waals surface area (Å²) in [6.45, 7) is -0.188. The largest absolute Gasteiger partial charge is 0.389 e. The molecule has 0 aromatic heterocycles. The van der Waals surface area contributed by atoms with E-state index < -0.39 is 19.0 Å². The highest BCUT2D eigenvalue weighted by Crippen LogP contribution is 2.23. The van der Waals surface area contributed by atoms with E-state index >= 15 is 0 Å². The zero-order valence-corrected chi connectivity index (χ0v) is 6.83. The predicted octanol–water partition coefficient (Wildman–Crippen LogP) is 2.70. The first-order chi connectivity index (χ1) is 5.54. The Morgan fingerprint density at radius 1 is 1.42 bits per heavy atom. The summed E-state index contributed by atoms with van der Waals surface area (Å²) >= 11 is 0. The van der Waals surface area contributed by atoms with Gasteiger partial charge in [-0.25, -0.2) is 8.78 Å². The standard InChI is InChI=1S/C7H12F4O/c1-2-3-4-12-7(10,11)6(9)5-8/h6H,2-5H2,1H3. The van der Waals surface area contributed by atoms with E-state index in [1.165, 1.54) is 0 Å². The summed E-state index contributed by atoms with van der Waals surface area (Å²) < 4.78 is 52.0. The lowest BCUT2D eigenvalue weighted by Crippen LogP contribution is -2.35. The maximum Gasteiger partial charge on any atom is 0.389 e. The van der Waals surface area contributed by atoms with E-state index in [4.69, 9.17) is 0 Å². The van der Waals surface area contributed by atoms with E-state index in [9.17, 15) is 17.6 Å². The van der Waals surface area contributed by atoms with Gasteiger partial charge < -0.3 is 4.74 Å². The summed E-state index contributed by atoms with van der Waals surface area (Å²) in [5.41, 5.74) is 0. The molecule has 0 aliphatic rings. The molecule has 0 aromatic carbocycles. The lowest BCUT2D eigenvalue weighted by molar-refractivity contribution is -0.275. The van der Waals surface area contributed by atoms with Crippen LogP contribution in [0.25, 0.3) is 0 Å². The fraction of sp³-hybridized carbons (Fsp3) is 1.00. The third-order valence-electron chi connectivity index (χ3n) is 1.29. The molecule has 1 atom stereocenters. The summed E-state index contributed by atoms with van der Waals surface area (Å²) in [6, 6.07) is 0. The Kier molecular flexibility index (Phi) is 5.20. The van der Waals surface area contributed by atoms with Crippen molar-refractivity contribution in [1.82, 2.24) is 0 Å². The van der Waals surface area contributed by atoms with E-state index in [0.717, 1.165) is 0 Å². The van der Waals surface area contributed by atoms with Gasteiger partial charge in [-0.2, -0.15) is 8.78 Å². The maximum absolute atomic E-state index is 12.3. The van der Waals surface area contributed by atoms with Crippen LogP contribution >= 0.6 is 0 Å². The Morgan fingerprint density at radius 2 is 2.00 bits per heavy atom. The highest BCUT2D eigenvalue weighted by molar-refractivity contribution is 4.65. The smallest absolute Gasteiger partial charge is 0.318 e. The maximum atomic E-state index is 12.3. The lowest BCUT2D eigenvalue weighted by atomic mass is 10.3. The average Bonchev–Trinajstić information content (AvgIpc) is 2.03. The van der Waals surface area contributed by atoms with E-state index in [1.807, 2.05) is 0 Å². The first-order valence-electron chi connectivity index (χ1n) is 3.76. The van der Waals surface area contributed by atoms with Crippen molar-refractivity contribution in [2.75, 3.05) is 13.3 Å². The molecule has 0 N–H and O–H groups in total. The molecule has 0 heterocycles. The van der Waals surface area contributed by atoms with Crippen molar-refractivity contribution < 1.29 is 22.3 Å². The van der Waals surface area contributed by atoms with E-state index in [2.05, 4.69) is 4.74 Å². The van der Waals surface area contributed by atoms with E-state index in [-0.39, 0.29) is 6.61 Å². The number of unbranched alkanes of at least 4 members (excludes halogenated alkanes) is 1. The molecule has 5 heteroatoms. The number of halogens is 4. The molecule has 1 nitrogen and oxygen atoms in total. The molecule has 0 radical (unpaired) electrons. The second kappa shape index (κ2) is 5.35. The van der Waals surface area contributed by atoms with Gasteiger partial charge in [0.25, 0.3) is 0 Å². The van der Waals surface area contributed by atoms with Crippen molar-refractivity contribution in [1.29, 1.82) is 0 Å². The Labute approximate surface area is 68.7 Å². The Hall–Kier alpha value is -0.320. The Balaban J connectivity index is 3.70. The molecule has 0 amide bonds. The predicted molar refractivity (Wildman–Crippen MR) is 36.7 cm³/mol. The summed E-state index contributed by atoms with van der Waals surface area (Å²) in [7, 11) is 0. The molecule has 12 heavy (non-hydrogen) atoms. The van der Waals surface area contributed by atoms with Gasteiger partial charge in [-0.1, -0.05) is 13.3 Å². The molecule has 0 bridgehead atoms. The van der Waals surface area contributed by atoms with Gasteiger partial charge in [0.1, 0.15) is 6.67 Å². The van der Waals surface area contributed by atoms with Gasteiger partial charge in [-0.15, -0.1) is 0 Å². The minimum Gasteiger partial charge on any atom is -0.318 e. The quantitative estimate of drug-likeness (QED) is 0.460. The third kappa shape index (κ3) is 3.90. The second-order valence-electron chi connectivity index (χ2n) is 2.39. The van der Waals surface area contributed by atoms with Crippen LogP contribution in [-0.2, 0) is 4.74 Å². The molecule has 0 aliphatic carbocycles. The van der Waals surface area contributed by atoms with Crippen LogP contribution in [0.4, 0.5) is 17.6 Å². The van der Waals surface area contributed by atoms with Crippen molar-refractivity contribution in [2.24, 2.45) is 0 Å². The van der Waals surface area contributed by atoms with Gasteiger partial charge in [-0.3, -0.25) is 0 Å². The SMILES string of the molecule is CCCCOC(F)(F)C(F)CF. The first kappa shape index (κ1) is 11.7. The normalized spacial score (nSPS) is 14.8. The van der Waals surface area contributed by atoms with Crippen LogP contribution in [0, 0.1) is 0 Å². The molecular formula is C7H12F4O. The van der Waals surface area contributed by atoms with Crippen LogP contribution < -0.4 is 0 Å². The zero-order chi connectivity index (χ0) is 9.61. The fourth-order valence-electron chi connectivity index (χ4n) is 0.533. The molecule has 1 unspecified atom stereocenters. The van der Waals surface area contributed by atoms with Crippen molar-refractivity contribution in [3.05, 3.63) is 0 Å². The third-order valence-corrected chi connectivity index (χ3v) is 1.29. The number of ether oxygens (including phenoxy) is 1. The minimum absolute atomic E-state index is 0.246. The first-order valence-corrected chi connectivity index (χ1v) is 3.76.